The summed E-state index contributed by atoms with van der Waals surface area (Å²) in [6.45, 7) is 10.2. The number of amides is 1. The molecule has 1 heterocycles. The lowest BCUT2D eigenvalue weighted by Crippen LogP contribution is -2.43. The molecule has 26 heavy (non-hydrogen) atoms. The number of carbonyl (C=O) groups is 1. The van der Waals surface area contributed by atoms with E-state index in [9.17, 15) is 4.79 Å². The van der Waals surface area contributed by atoms with Crippen LogP contribution in [0.5, 0.6) is 0 Å². The number of unbranched alkanes of at least 4 members (excludes halogenated alkanes) is 1. The summed E-state index contributed by atoms with van der Waals surface area (Å²) < 4.78 is 5.35. The van der Waals surface area contributed by atoms with E-state index in [0.717, 1.165) is 84.0 Å². The largest absolute Gasteiger partial charge is 0.382 e. The summed E-state index contributed by atoms with van der Waals surface area (Å²) in [6.07, 6.45) is 5.20. The molecule has 0 aliphatic carbocycles. The molecule has 1 aliphatic rings. The topological polar surface area (TPSA) is 69.2 Å². The molecular weight excluding hydrogens is 330 g/mol. The van der Waals surface area contributed by atoms with Crippen LogP contribution in [-0.2, 0) is 9.53 Å². The zero-order valence-electron chi connectivity index (χ0n) is 17.2. The summed E-state index contributed by atoms with van der Waals surface area (Å²) >= 11 is 0. The minimum atomic E-state index is 0.0608. The van der Waals surface area contributed by atoms with E-state index in [0.29, 0.717) is 0 Å². The van der Waals surface area contributed by atoms with Crippen molar-refractivity contribution in [2.45, 2.75) is 52.0 Å². The third kappa shape index (κ3) is 8.85. The first-order valence-electron chi connectivity index (χ1n) is 10.1. The lowest BCUT2D eigenvalue weighted by Gasteiger charge is -2.25. The van der Waals surface area contributed by atoms with E-state index in [1.54, 1.807) is 4.90 Å². The van der Waals surface area contributed by atoms with Crippen LogP contribution in [0.2, 0.25) is 0 Å². The van der Waals surface area contributed by atoms with Gasteiger partial charge in [-0.15, -0.1) is 0 Å². The molecule has 7 heteroatoms. The Morgan fingerprint density at radius 3 is 2.73 bits per heavy atom. The zero-order valence-corrected chi connectivity index (χ0v) is 17.2. The fourth-order valence-electron chi connectivity index (χ4n) is 3.16. The number of carbonyl (C=O) groups excluding carboxylic acids is 1. The first kappa shape index (κ1) is 22.7. The Balaban J connectivity index is 2.28. The Hall–Kier alpha value is -1.34. The molecule has 0 spiro atoms. The fraction of sp³-hybridized carbons (Fsp3) is 0.895. The third-order valence-corrected chi connectivity index (χ3v) is 4.52. The van der Waals surface area contributed by atoms with Gasteiger partial charge in [0.1, 0.15) is 0 Å². The summed E-state index contributed by atoms with van der Waals surface area (Å²) in [4.78, 5) is 20.9. The number of aliphatic imine (C=N–C) groups is 1. The van der Waals surface area contributed by atoms with Crippen LogP contribution in [-0.4, -0.2) is 87.7 Å². The predicted octanol–water partition coefficient (Wildman–Crippen LogP) is 1.30. The molecule has 0 aromatic carbocycles. The number of ether oxygens (including phenoxy) is 1. The van der Waals surface area contributed by atoms with Crippen LogP contribution < -0.4 is 10.6 Å². The van der Waals surface area contributed by atoms with Crippen molar-refractivity contribution in [3.63, 3.8) is 0 Å². The molecule has 0 bridgehead atoms. The second kappa shape index (κ2) is 13.8. The van der Waals surface area contributed by atoms with E-state index >= 15 is 0 Å². The number of hydrogen-bond donors (Lipinski definition) is 2. The molecule has 1 aliphatic heterocycles. The highest BCUT2D eigenvalue weighted by molar-refractivity contribution is 5.81. The Labute approximate surface area is 159 Å². The minimum Gasteiger partial charge on any atom is -0.382 e. The van der Waals surface area contributed by atoms with Crippen LogP contribution in [0.4, 0.5) is 0 Å². The first-order valence-corrected chi connectivity index (χ1v) is 10.1. The van der Waals surface area contributed by atoms with Crippen LogP contribution in [0.3, 0.4) is 0 Å². The fourth-order valence-corrected chi connectivity index (χ4v) is 3.16. The molecular formula is C19H39N5O2. The van der Waals surface area contributed by atoms with Crippen molar-refractivity contribution < 1.29 is 9.53 Å². The summed E-state index contributed by atoms with van der Waals surface area (Å²) in [5.74, 6) is 1.11. The molecule has 0 saturated carbocycles. The number of guanidine groups is 1. The molecule has 1 rings (SSSR count). The van der Waals surface area contributed by atoms with Gasteiger partial charge in [0.2, 0.25) is 5.91 Å². The highest BCUT2D eigenvalue weighted by Crippen LogP contribution is 2.18. The second-order valence-electron chi connectivity index (χ2n) is 6.87. The van der Waals surface area contributed by atoms with Crippen LogP contribution in [0.25, 0.3) is 0 Å². The van der Waals surface area contributed by atoms with E-state index in [1.165, 1.54) is 0 Å². The smallest absolute Gasteiger partial charge is 0.239 e. The summed E-state index contributed by atoms with van der Waals surface area (Å²) in [7, 11) is 3.68. The average molecular weight is 370 g/mol. The number of rotatable bonds is 12. The van der Waals surface area contributed by atoms with Crippen molar-refractivity contribution in [3.05, 3.63) is 0 Å². The molecule has 1 atom stereocenters. The second-order valence-corrected chi connectivity index (χ2v) is 6.87. The first-order chi connectivity index (χ1) is 12.6. The maximum absolute atomic E-state index is 12.2. The Morgan fingerprint density at radius 1 is 1.23 bits per heavy atom. The monoisotopic (exact) mass is 369 g/mol. The van der Waals surface area contributed by atoms with Gasteiger partial charge in [0, 0.05) is 53.5 Å². The number of hydrogen-bond acceptors (Lipinski definition) is 4. The standard InChI is InChI=1S/C19H39N5O2/c1-5-20-19(21-12-7-8-16-26-6-2)22-13-10-15-24-14-9-11-17(24)18(25)23(3)4/h17H,5-16H2,1-4H3,(H2,20,21,22). The van der Waals surface area contributed by atoms with Crippen molar-refractivity contribution in [2.75, 3.05) is 60.0 Å². The normalized spacial score (nSPS) is 18.2. The third-order valence-electron chi connectivity index (χ3n) is 4.52. The summed E-state index contributed by atoms with van der Waals surface area (Å²) in [6, 6.07) is 0.0608. The van der Waals surface area contributed by atoms with Crippen LogP contribution in [0, 0.1) is 0 Å². The van der Waals surface area contributed by atoms with E-state index in [-0.39, 0.29) is 11.9 Å². The highest BCUT2D eigenvalue weighted by Gasteiger charge is 2.30. The number of likely N-dealkylation sites (tertiary alicyclic amines) is 1. The van der Waals surface area contributed by atoms with Crippen molar-refractivity contribution in [1.82, 2.24) is 20.4 Å². The molecule has 7 nitrogen and oxygen atoms in total. The van der Waals surface area contributed by atoms with Crippen molar-refractivity contribution in [2.24, 2.45) is 4.99 Å². The highest BCUT2D eigenvalue weighted by atomic mass is 16.5. The van der Waals surface area contributed by atoms with Gasteiger partial charge in [-0.1, -0.05) is 0 Å². The SMILES string of the molecule is CCNC(=NCCCN1CCCC1C(=O)N(C)C)NCCCCOCC. The minimum absolute atomic E-state index is 0.0608. The average Bonchev–Trinajstić information content (AvgIpc) is 3.09. The molecule has 1 fully saturated rings. The molecule has 0 aromatic heterocycles. The van der Waals surface area contributed by atoms with Gasteiger partial charge >= 0.3 is 0 Å². The quantitative estimate of drug-likeness (QED) is 0.308. The maximum Gasteiger partial charge on any atom is 0.239 e. The van der Waals surface area contributed by atoms with Crippen molar-refractivity contribution in [1.29, 1.82) is 0 Å². The van der Waals surface area contributed by atoms with E-state index in [1.807, 2.05) is 21.0 Å². The zero-order chi connectivity index (χ0) is 19.2. The Morgan fingerprint density at radius 2 is 2.04 bits per heavy atom. The van der Waals surface area contributed by atoms with Gasteiger partial charge in [-0.05, 0) is 52.5 Å². The number of nitrogens with zero attached hydrogens (tertiary/aromatic N) is 3. The van der Waals surface area contributed by atoms with Crippen LogP contribution in [0.15, 0.2) is 4.99 Å². The van der Waals surface area contributed by atoms with E-state index < -0.39 is 0 Å². The lowest BCUT2D eigenvalue weighted by molar-refractivity contribution is -0.133. The van der Waals surface area contributed by atoms with Crippen molar-refractivity contribution >= 4 is 11.9 Å². The van der Waals surface area contributed by atoms with Gasteiger partial charge in [0.25, 0.3) is 0 Å². The number of likely N-dealkylation sites (N-methyl/N-ethyl adjacent to an activating group) is 1. The molecule has 1 amide bonds. The van der Waals surface area contributed by atoms with Crippen LogP contribution >= 0.6 is 0 Å². The molecule has 0 aromatic rings. The molecule has 2 N–H and O–H groups in total. The predicted molar refractivity (Wildman–Crippen MR) is 108 cm³/mol. The van der Waals surface area contributed by atoms with Gasteiger partial charge in [0.15, 0.2) is 5.96 Å². The van der Waals surface area contributed by atoms with Gasteiger partial charge in [-0.3, -0.25) is 14.7 Å². The van der Waals surface area contributed by atoms with E-state index in [2.05, 4.69) is 27.4 Å². The summed E-state index contributed by atoms with van der Waals surface area (Å²) in [5, 5.41) is 6.67. The van der Waals surface area contributed by atoms with Gasteiger partial charge in [-0.25, -0.2) is 0 Å². The molecule has 152 valence electrons. The van der Waals surface area contributed by atoms with Crippen LogP contribution in [0.1, 0.15) is 46.0 Å². The van der Waals surface area contributed by atoms with Gasteiger partial charge < -0.3 is 20.3 Å². The molecule has 1 unspecified atom stereocenters. The Bertz CT molecular complexity index is 415. The van der Waals surface area contributed by atoms with Crippen molar-refractivity contribution in [3.8, 4) is 0 Å². The van der Waals surface area contributed by atoms with E-state index in [4.69, 9.17) is 4.74 Å². The van der Waals surface area contributed by atoms with Gasteiger partial charge in [0.05, 0.1) is 6.04 Å². The molecule has 0 radical (unpaired) electrons. The lowest BCUT2D eigenvalue weighted by atomic mass is 10.2. The van der Waals surface area contributed by atoms with Gasteiger partial charge in [-0.2, -0.15) is 0 Å². The number of nitrogens with one attached hydrogen (secondary N) is 2. The summed E-state index contributed by atoms with van der Waals surface area (Å²) in [5.41, 5.74) is 0. The Kier molecular flexibility index (Phi) is 12.1. The maximum atomic E-state index is 12.2. The molecule has 1 saturated heterocycles.